The molecule has 98 valence electrons. The molecule has 2 rings (SSSR count). The average Bonchev–Trinajstić information content (AvgIpc) is 2.39. The van der Waals surface area contributed by atoms with E-state index >= 15 is 0 Å². The van der Waals surface area contributed by atoms with Gasteiger partial charge in [-0.15, -0.1) is 0 Å². The molecule has 19 heavy (non-hydrogen) atoms. The van der Waals surface area contributed by atoms with Gasteiger partial charge >= 0.3 is 0 Å². The van der Waals surface area contributed by atoms with Crippen LogP contribution in [-0.4, -0.2) is 11.6 Å². The third kappa shape index (κ3) is 3.51. The lowest BCUT2D eigenvalue weighted by Crippen LogP contribution is -2.14. The Morgan fingerprint density at radius 3 is 2.53 bits per heavy atom. The summed E-state index contributed by atoms with van der Waals surface area (Å²) in [6.45, 7) is 0.447. The third-order valence-corrected chi connectivity index (χ3v) is 2.92. The predicted octanol–water partition coefficient (Wildman–Crippen LogP) is 3.08. The molecule has 0 saturated carbocycles. The number of hydrogen-bond acceptors (Lipinski definition) is 2. The zero-order valence-electron chi connectivity index (χ0n) is 10.3. The highest BCUT2D eigenvalue weighted by atomic mass is 32.1. The molecule has 0 fully saturated rings. The summed E-state index contributed by atoms with van der Waals surface area (Å²) in [5.74, 6) is -0.0619. The predicted molar refractivity (Wildman–Crippen MR) is 77.9 cm³/mol. The van der Waals surface area contributed by atoms with Gasteiger partial charge in [0.1, 0.15) is 16.6 Å². The molecule has 0 bridgehead atoms. The Labute approximate surface area is 117 Å². The van der Waals surface area contributed by atoms with Gasteiger partial charge in [0.2, 0.25) is 0 Å². The van der Waals surface area contributed by atoms with Crippen molar-refractivity contribution in [1.82, 2.24) is 0 Å². The number of hydrogen-bond donors (Lipinski definition) is 1. The minimum atomic E-state index is -0.454. The Morgan fingerprint density at radius 1 is 1.11 bits per heavy atom. The number of halogens is 1. The molecule has 0 aromatic heterocycles. The number of thiocarbonyl (C=S) groups is 1. The van der Waals surface area contributed by atoms with Crippen LogP contribution in [0.25, 0.3) is 0 Å². The zero-order valence-corrected chi connectivity index (χ0v) is 11.1. The molecule has 0 atom stereocenters. The summed E-state index contributed by atoms with van der Waals surface area (Å²) in [7, 11) is 0. The van der Waals surface area contributed by atoms with Gasteiger partial charge in [-0.05, 0) is 17.7 Å². The number of benzene rings is 2. The summed E-state index contributed by atoms with van der Waals surface area (Å²) < 4.78 is 19.2. The highest BCUT2D eigenvalue weighted by Gasteiger charge is 2.11. The minimum Gasteiger partial charge on any atom is -0.492 e. The van der Waals surface area contributed by atoms with Gasteiger partial charge < -0.3 is 10.5 Å². The summed E-state index contributed by atoms with van der Waals surface area (Å²) >= 11 is 4.84. The van der Waals surface area contributed by atoms with Crippen molar-refractivity contribution in [2.75, 3.05) is 6.61 Å². The second kappa shape index (κ2) is 6.29. The molecule has 2 aromatic carbocycles. The molecule has 0 saturated heterocycles. The molecule has 0 unspecified atom stereocenters. The molecule has 2 nitrogen and oxygen atoms in total. The lowest BCUT2D eigenvalue weighted by molar-refractivity contribution is 0.319. The summed E-state index contributed by atoms with van der Waals surface area (Å²) in [5.41, 5.74) is 6.84. The molecule has 0 spiro atoms. The van der Waals surface area contributed by atoms with E-state index in [-0.39, 0.29) is 10.6 Å². The van der Waals surface area contributed by atoms with Crippen molar-refractivity contribution in [1.29, 1.82) is 0 Å². The maximum absolute atomic E-state index is 13.6. The molecule has 0 heterocycles. The lowest BCUT2D eigenvalue weighted by atomic mass is 10.1. The van der Waals surface area contributed by atoms with Gasteiger partial charge in [-0.1, -0.05) is 48.6 Å². The summed E-state index contributed by atoms with van der Waals surface area (Å²) in [4.78, 5) is 0.00723. The van der Waals surface area contributed by atoms with Gasteiger partial charge in [0.15, 0.2) is 0 Å². The van der Waals surface area contributed by atoms with Crippen molar-refractivity contribution >= 4 is 17.2 Å². The Morgan fingerprint density at radius 2 is 1.84 bits per heavy atom. The Kier molecular flexibility index (Phi) is 4.47. The molecular weight excluding hydrogens is 261 g/mol. The summed E-state index contributed by atoms with van der Waals surface area (Å²) in [5, 5.41) is 0. The van der Waals surface area contributed by atoms with Crippen molar-refractivity contribution < 1.29 is 9.13 Å². The van der Waals surface area contributed by atoms with E-state index in [4.69, 9.17) is 22.7 Å². The van der Waals surface area contributed by atoms with E-state index in [0.717, 1.165) is 12.0 Å². The van der Waals surface area contributed by atoms with E-state index < -0.39 is 5.82 Å². The van der Waals surface area contributed by atoms with Crippen molar-refractivity contribution in [3.05, 3.63) is 65.5 Å². The van der Waals surface area contributed by atoms with E-state index in [1.165, 1.54) is 6.07 Å². The largest absolute Gasteiger partial charge is 0.492 e. The van der Waals surface area contributed by atoms with Crippen LogP contribution in [0, 0.1) is 5.82 Å². The quantitative estimate of drug-likeness (QED) is 0.852. The Balaban J connectivity index is 2.04. The summed E-state index contributed by atoms with van der Waals surface area (Å²) in [6.07, 6.45) is 0.744. The second-order valence-corrected chi connectivity index (χ2v) is 4.50. The van der Waals surface area contributed by atoms with E-state index in [9.17, 15) is 4.39 Å². The van der Waals surface area contributed by atoms with Crippen LogP contribution in [0.1, 0.15) is 11.1 Å². The van der Waals surface area contributed by atoms with Crippen LogP contribution in [0.4, 0.5) is 4.39 Å². The molecule has 2 N–H and O–H groups in total. The Bertz CT molecular complexity index is 572. The topological polar surface area (TPSA) is 35.2 Å². The van der Waals surface area contributed by atoms with E-state index in [1.54, 1.807) is 12.1 Å². The molecule has 0 aliphatic carbocycles. The van der Waals surface area contributed by atoms with Gasteiger partial charge in [-0.3, -0.25) is 0 Å². The van der Waals surface area contributed by atoms with Gasteiger partial charge in [-0.2, -0.15) is 0 Å². The number of nitrogens with two attached hydrogens (primary N) is 1. The molecule has 0 aliphatic rings. The first-order valence-corrected chi connectivity index (χ1v) is 6.34. The fourth-order valence-corrected chi connectivity index (χ4v) is 1.99. The second-order valence-electron chi connectivity index (χ2n) is 4.06. The molecule has 0 radical (unpaired) electrons. The van der Waals surface area contributed by atoms with Crippen LogP contribution in [0.15, 0.2) is 48.5 Å². The SMILES string of the molecule is NC(=S)c1c(F)cccc1OCCc1ccccc1. The fourth-order valence-electron chi connectivity index (χ4n) is 1.79. The van der Waals surface area contributed by atoms with Crippen molar-refractivity contribution in [3.8, 4) is 5.75 Å². The van der Waals surface area contributed by atoms with Crippen LogP contribution in [0.2, 0.25) is 0 Å². The van der Waals surface area contributed by atoms with Crippen LogP contribution in [0.3, 0.4) is 0 Å². The fraction of sp³-hybridized carbons (Fsp3) is 0.133. The van der Waals surface area contributed by atoms with E-state index in [0.29, 0.717) is 12.4 Å². The highest BCUT2D eigenvalue weighted by molar-refractivity contribution is 7.80. The lowest BCUT2D eigenvalue weighted by Gasteiger charge is -2.11. The zero-order chi connectivity index (χ0) is 13.7. The smallest absolute Gasteiger partial charge is 0.137 e. The molecule has 0 aliphatic heterocycles. The van der Waals surface area contributed by atoms with Gasteiger partial charge in [0.25, 0.3) is 0 Å². The third-order valence-electron chi connectivity index (χ3n) is 2.71. The maximum Gasteiger partial charge on any atom is 0.137 e. The van der Waals surface area contributed by atoms with Crippen LogP contribution >= 0.6 is 12.2 Å². The van der Waals surface area contributed by atoms with E-state index in [2.05, 4.69) is 0 Å². The van der Waals surface area contributed by atoms with Crippen LogP contribution in [-0.2, 0) is 6.42 Å². The van der Waals surface area contributed by atoms with Gasteiger partial charge in [0, 0.05) is 6.42 Å². The van der Waals surface area contributed by atoms with Crippen LogP contribution in [0.5, 0.6) is 5.75 Å². The highest BCUT2D eigenvalue weighted by Crippen LogP contribution is 2.21. The number of rotatable bonds is 5. The molecule has 2 aromatic rings. The normalized spacial score (nSPS) is 10.2. The Hall–Kier alpha value is -1.94. The van der Waals surface area contributed by atoms with E-state index in [1.807, 2.05) is 30.3 Å². The standard InChI is InChI=1S/C15H14FNOS/c16-12-7-4-8-13(14(12)15(17)19)18-10-9-11-5-2-1-3-6-11/h1-8H,9-10H2,(H2,17,19). The monoisotopic (exact) mass is 275 g/mol. The minimum absolute atomic E-state index is 0.00723. The number of ether oxygens (including phenoxy) is 1. The van der Waals surface area contributed by atoms with Crippen molar-refractivity contribution in [3.63, 3.8) is 0 Å². The van der Waals surface area contributed by atoms with Crippen LogP contribution < -0.4 is 10.5 Å². The first kappa shape index (κ1) is 13.5. The van der Waals surface area contributed by atoms with Gasteiger partial charge in [-0.25, -0.2) is 4.39 Å². The summed E-state index contributed by atoms with van der Waals surface area (Å²) in [6, 6.07) is 14.5. The van der Waals surface area contributed by atoms with Crippen molar-refractivity contribution in [2.45, 2.75) is 6.42 Å². The molecular formula is C15H14FNOS. The maximum atomic E-state index is 13.6. The first-order valence-electron chi connectivity index (χ1n) is 5.93. The molecule has 0 amide bonds. The van der Waals surface area contributed by atoms with Gasteiger partial charge in [0.05, 0.1) is 12.2 Å². The van der Waals surface area contributed by atoms with Crippen molar-refractivity contribution in [2.24, 2.45) is 5.73 Å². The first-order chi connectivity index (χ1) is 9.18. The average molecular weight is 275 g/mol. The molecule has 4 heteroatoms.